The molecule has 2 heteroatoms. The van der Waals surface area contributed by atoms with Crippen LogP contribution in [0, 0.1) is 5.92 Å². The summed E-state index contributed by atoms with van der Waals surface area (Å²) in [5.74, 6) is 0.612. The highest BCUT2D eigenvalue weighted by molar-refractivity contribution is 4.77. The van der Waals surface area contributed by atoms with Crippen LogP contribution in [0.3, 0.4) is 0 Å². The lowest BCUT2D eigenvalue weighted by Gasteiger charge is -2.17. The standard InChI is InChI=1S/C10H21NO/c1-8(2)6-10(12)7-9-4-3-5-11-9/h8-12H,3-7H2,1-2H3/t9?,10-/m0/s1. The van der Waals surface area contributed by atoms with Crippen molar-refractivity contribution < 1.29 is 5.11 Å². The molecule has 2 atom stereocenters. The Morgan fingerprint density at radius 2 is 2.25 bits per heavy atom. The number of aliphatic hydroxyl groups excluding tert-OH is 1. The first-order chi connectivity index (χ1) is 5.68. The van der Waals surface area contributed by atoms with Crippen LogP contribution < -0.4 is 5.32 Å². The van der Waals surface area contributed by atoms with Crippen molar-refractivity contribution in [2.45, 2.75) is 51.7 Å². The van der Waals surface area contributed by atoms with Crippen molar-refractivity contribution >= 4 is 0 Å². The highest BCUT2D eigenvalue weighted by atomic mass is 16.3. The summed E-state index contributed by atoms with van der Waals surface area (Å²) in [4.78, 5) is 0. The zero-order valence-electron chi connectivity index (χ0n) is 8.21. The van der Waals surface area contributed by atoms with Gasteiger partial charge in [0.2, 0.25) is 0 Å². The van der Waals surface area contributed by atoms with E-state index in [9.17, 15) is 5.11 Å². The Hall–Kier alpha value is -0.0800. The number of rotatable bonds is 4. The van der Waals surface area contributed by atoms with Gasteiger partial charge in [0.15, 0.2) is 0 Å². The highest BCUT2D eigenvalue weighted by Crippen LogP contribution is 2.15. The maximum absolute atomic E-state index is 9.64. The van der Waals surface area contributed by atoms with Crippen molar-refractivity contribution in [3.63, 3.8) is 0 Å². The van der Waals surface area contributed by atoms with Gasteiger partial charge < -0.3 is 10.4 Å². The minimum Gasteiger partial charge on any atom is -0.393 e. The van der Waals surface area contributed by atoms with Crippen LogP contribution in [-0.4, -0.2) is 23.8 Å². The van der Waals surface area contributed by atoms with E-state index in [0.717, 1.165) is 19.4 Å². The molecule has 0 aliphatic carbocycles. The maximum Gasteiger partial charge on any atom is 0.0557 e. The van der Waals surface area contributed by atoms with Gasteiger partial charge in [0.1, 0.15) is 0 Å². The second-order valence-corrected chi connectivity index (χ2v) is 4.31. The summed E-state index contributed by atoms with van der Waals surface area (Å²) < 4.78 is 0. The van der Waals surface area contributed by atoms with Crippen LogP contribution >= 0.6 is 0 Å². The van der Waals surface area contributed by atoms with E-state index < -0.39 is 0 Å². The fourth-order valence-corrected chi connectivity index (χ4v) is 1.93. The molecule has 72 valence electrons. The van der Waals surface area contributed by atoms with Crippen LogP contribution in [0.25, 0.3) is 0 Å². The first-order valence-corrected chi connectivity index (χ1v) is 5.10. The summed E-state index contributed by atoms with van der Waals surface area (Å²) in [6, 6.07) is 0.582. The molecule has 12 heavy (non-hydrogen) atoms. The molecule has 1 unspecified atom stereocenters. The third-order valence-corrected chi connectivity index (χ3v) is 2.46. The van der Waals surface area contributed by atoms with Gasteiger partial charge in [-0.1, -0.05) is 13.8 Å². The van der Waals surface area contributed by atoms with Gasteiger partial charge in [0.05, 0.1) is 6.10 Å². The summed E-state index contributed by atoms with van der Waals surface area (Å²) in [5.41, 5.74) is 0. The van der Waals surface area contributed by atoms with E-state index in [2.05, 4.69) is 19.2 Å². The average molecular weight is 171 g/mol. The van der Waals surface area contributed by atoms with E-state index in [1.54, 1.807) is 0 Å². The molecule has 1 aliphatic heterocycles. The molecule has 1 fully saturated rings. The highest BCUT2D eigenvalue weighted by Gasteiger charge is 2.18. The topological polar surface area (TPSA) is 32.3 Å². The molecule has 0 amide bonds. The molecule has 1 saturated heterocycles. The summed E-state index contributed by atoms with van der Waals surface area (Å²) in [6.07, 6.45) is 4.31. The Bertz CT molecular complexity index is 119. The predicted molar refractivity (Wildman–Crippen MR) is 51.1 cm³/mol. The SMILES string of the molecule is CC(C)C[C@H](O)CC1CCCN1. The van der Waals surface area contributed by atoms with Gasteiger partial charge in [0, 0.05) is 6.04 Å². The van der Waals surface area contributed by atoms with Crippen LogP contribution in [0.2, 0.25) is 0 Å². The lowest BCUT2D eigenvalue weighted by molar-refractivity contribution is 0.128. The van der Waals surface area contributed by atoms with Crippen molar-refractivity contribution in [3.05, 3.63) is 0 Å². The molecule has 1 heterocycles. The van der Waals surface area contributed by atoms with E-state index in [1.165, 1.54) is 12.8 Å². The predicted octanol–water partition coefficient (Wildman–Crippen LogP) is 1.54. The van der Waals surface area contributed by atoms with Crippen LogP contribution in [-0.2, 0) is 0 Å². The number of hydrogen-bond acceptors (Lipinski definition) is 2. The van der Waals surface area contributed by atoms with Crippen molar-refractivity contribution in [2.75, 3.05) is 6.54 Å². The van der Waals surface area contributed by atoms with E-state index in [0.29, 0.717) is 12.0 Å². The maximum atomic E-state index is 9.64. The van der Waals surface area contributed by atoms with E-state index in [-0.39, 0.29) is 6.10 Å². The third-order valence-electron chi connectivity index (χ3n) is 2.46. The van der Waals surface area contributed by atoms with Crippen LogP contribution in [0.4, 0.5) is 0 Å². The molecule has 0 radical (unpaired) electrons. The Balaban J connectivity index is 2.11. The van der Waals surface area contributed by atoms with Gasteiger partial charge in [-0.25, -0.2) is 0 Å². The van der Waals surface area contributed by atoms with Crippen LogP contribution in [0.15, 0.2) is 0 Å². The number of aliphatic hydroxyl groups is 1. The molecule has 0 bridgehead atoms. The fraction of sp³-hybridized carbons (Fsp3) is 1.00. The van der Waals surface area contributed by atoms with Gasteiger partial charge >= 0.3 is 0 Å². The zero-order chi connectivity index (χ0) is 8.97. The normalized spacial score (nSPS) is 26.5. The van der Waals surface area contributed by atoms with Crippen LogP contribution in [0.5, 0.6) is 0 Å². The van der Waals surface area contributed by atoms with Crippen molar-refractivity contribution in [1.29, 1.82) is 0 Å². The van der Waals surface area contributed by atoms with Gasteiger partial charge in [-0.2, -0.15) is 0 Å². The van der Waals surface area contributed by atoms with Crippen LogP contribution in [0.1, 0.15) is 39.5 Å². The smallest absolute Gasteiger partial charge is 0.0557 e. The van der Waals surface area contributed by atoms with Gasteiger partial charge in [-0.05, 0) is 38.1 Å². The number of hydrogen-bond donors (Lipinski definition) is 2. The summed E-state index contributed by atoms with van der Waals surface area (Å²) in [6.45, 7) is 5.45. The van der Waals surface area contributed by atoms with Gasteiger partial charge in [-0.15, -0.1) is 0 Å². The fourth-order valence-electron chi connectivity index (χ4n) is 1.93. The Kier molecular flexibility index (Phi) is 4.02. The molecule has 1 aliphatic rings. The summed E-state index contributed by atoms with van der Waals surface area (Å²) in [5, 5.41) is 13.0. The molecule has 0 aromatic carbocycles. The molecule has 0 saturated carbocycles. The van der Waals surface area contributed by atoms with E-state index in [1.807, 2.05) is 0 Å². The lowest BCUT2D eigenvalue weighted by Crippen LogP contribution is -2.27. The summed E-state index contributed by atoms with van der Waals surface area (Å²) >= 11 is 0. The molecule has 0 aromatic heterocycles. The zero-order valence-corrected chi connectivity index (χ0v) is 8.21. The van der Waals surface area contributed by atoms with Gasteiger partial charge in [-0.3, -0.25) is 0 Å². The first-order valence-electron chi connectivity index (χ1n) is 5.10. The monoisotopic (exact) mass is 171 g/mol. The summed E-state index contributed by atoms with van der Waals surface area (Å²) in [7, 11) is 0. The quantitative estimate of drug-likeness (QED) is 0.672. The molecular weight excluding hydrogens is 150 g/mol. The second-order valence-electron chi connectivity index (χ2n) is 4.31. The second kappa shape index (κ2) is 4.83. The average Bonchev–Trinajstić information content (AvgIpc) is 2.37. The van der Waals surface area contributed by atoms with E-state index in [4.69, 9.17) is 0 Å². The van der Waals surface area contributed by atoms with Crippen molar-refractivity contribution in [3.8, 4) is 0 Å². The first kappa shape index (κ1) is 10.0. The van der Waals surface area contributed by atoms with Crippen molar-refractivity contribution in [2.24, 2.45) is 5.92 Å². The molecule has 2 N–H and O–H groups in total. The molecule has 2 nitrogen and oxygen atoms in total. The number of nitrogens with one attached hydrogen (secondary N) is 1. The minimum atomic E-state index is -0.0967. The molecule has 0 spiro atoms. The van der Waals surface area contributed by atoms with Crippen molar-refractivity contribution in [1.82, 2.24) is 5.32 Å². The largest absolute Gasteiger partial charge is 0.393 e. The van der Waals surface area contributed by atoms with Gasteiger partial charge in [0.25, 0.3) is 0 Å². The molecule has 1 rings (SSSR count). The Morgan fingerprint density at radius 1 is 1.50 bits per heavy atom. The molecule has 0 aromatic rings. The Labute approximate surface area is 75.4 Å². The Morgan fingerprint density at radius 3 is 2.75 bits per heavy atom. The minimum absolute atomic E-state index is 0.0967. The van der Waals surface area contributed by atoms with E-state index >= 15 is 0 Å². The lowest BCUT2D eigenvalue weighted by atomic mass is 9.99. The molecular formula is C10H21NO. The third kappa shape index (κ3) is 3.55.